The summed E-state index contributed by atoms with van der Waals surface area (Å²) in [5.41, 5.74) is -1.01. The van der Waals surface area contributed by atoms with Crippen molar-refractivity contribution in [1.29, 1.82) is 0 Å². The highest BCUT2D eigenvalue weighted by Gasteiger charge is 2.20. The van der Waals surface area contributed by atoms with Crippen LogP contribution in [0.1, 0.15) is 30.6 Å². The Morgan fingerprint density at radius 2 is 1.95 bits per heavy atom. The number of nitrogens with one attached hydrogen (secondary N) is 2. The van der Waals surface area contributed by atoms with Gasteiger partial charge >= 0.3 is 5.97 Å². The monoisotopic (exact) mass is 286 g/mol. The van der Waals surface area contributed by atoms with Crippen LogP contribution < -0.4 is 10.6 Å². The summed E-state index contributed by atoms with van der Waals surface area (Å²) in [5, 5.41) is 13.8. The second-order valence-corrected chi connectivity index (χ2v) is 4.25. The number of benzene rings is 1. The minimum Gasteiger partial charge on any atom is -0.478 e. The quantitative estimate of drug-likeness (QED) is 0.747. The van der Waals surface area contributed by atoms with Crippen molar-refractivity contribution in [3.63, 3.8) is 0 Å². The predicted octanol–water partition coefficient (Wildman–Crippen LogP) is 1.99. The molecule has 0 spiro atoms. The Hall–Kier alpha value is -2.18. The number of hydrogen-bond donors (Lipinski definition) is 3. The Bertz CT molecular complexity index is 521. The number of carbonyl (C=O) groups is 2. The van der Waals surface area contributed by atoms with E-state index in [0.717, 1.165) is 18.6 Å². The molecule has 0 bridgehead atoms. The second kappa shape index (κ2) is 6.83. The van der Waals surface area contributed by atoms with Crippen molar-refractivity contribution < 1.29 is 23.5 Å². The molecule has 3 N–H and O–H groups in total. The minimum atomic E-state index is -1.55. The van der Waals surface area contributed by atoms with Gasteiger partial charge in [0.25, 0.3) is 0 Å². The molecule has 0 radical (unpaired) electrons. The van der Waals surface area contributed by atoms with Crippen LogP contribution in [0.15, 0.2) is 12.1 Å². The lowest BCUT2D eigenvalue weighted by Gasteiger charge is -2.16. The zero-order valence-corrected chi connectivity index (χ0v) is 11.2. The van der Waals surface area contributed by atoms with Crippen molar-refractivity contribution in [2.24, 2.45) is 0 Å². The molecular formula is C13H16F2N2O3. The van der Waals surface area contributed by atoms with Gasteiger partial charge in [0.1, 0.15) is 6.04 Å². The zero-order chi connectivity index (χ0) is 15.3. The highest BCUT2D eigenvalue weighted by atomic mass is 19.2. The summed E-state index contributed by atoms with van der Waals surface area (Å²) >= 11 is 0. The van der Waals surface area contributed by atoms with Crippen LogP contribution in [0, 0.1) is 11.6 Å². The first-order chi connectivity index (χ1) is 9.38. The average Bonchev–Trinajstić information content (AvgIpc) is 2.40. The summed E-state index contributed by atoms with van der Waals surface area (Å²) in [6.45, 7) is 3.87. The van der Waals surface area contributed by atoms with E-state index in [4.69, 9.17) is 5.11 Å². The molecule has 7 heteroatoms. The molecule has 0 aliphatic heterocycles. The lowest BCUT2D eigenvalue weighted by atomic mass is 10.1. The molecule has 0 aliphatic carbocycles. The number of amides is 1. The largest absolute Gasteiger partial charge is 0.478 e. The van der Waals surface area contributed by atoms with E-state index in [1.165, 1.54) is 6.92 Å². The van der Waals surface area contributed by atoms with Gasteiger partial charge in [0.15, 0.2) is 11.6 Å². The van der Waals surface area contributed by atoms with Crippen molar-refractivity contribution in [1.82, 2.24) is 5.32 Å². The van der Waals surface area contributed by atoms with E-state index in [1.807, 2.05) is 6.92 Å². The first kappa shape index (κ1) is 15.9. The van der Waals surface area contributed by atoms with E-state index in [2.05, 4.69) is 10.6 Å². The molecule has 0 heterocycles. The fourth-order valence-electron chi connectivity index (χ4n) is 1.53. The first-order valence-electron chi connectivity index (χ1n) is 6.14. The van der Waals surface area contributed by atoms with E-state index in [-0.39, 0.29) is 11.6 Å². The summed E-state index contributed by atoms with van der Waals surface area (Å²) in [5.74, 6) is -4.68. The fraction of sp³-hybridized carbons (Fsp3) is 0.385. The number of halogens is 2. The fourth-order valence-corrected chi connectivity index (χ4v) is 1.53. The topological polar surface area (TPSA) is 78.4 Å². The SMILES string of the molecule is CCCNC(=O)C(C)Nc1ccc(C(=O)O)c(F)c1F. The standard InChI is InChI=1S/C13H16F2N2O3/c1-3-6-16-12(18)7(2)17-9-5-4-8(13(19)20)10(14)11(9)15/h4-5,7,17H,3,6H2,1-2H3,(H,16,18)(H,19,20). The van der Waals surface area contributed by atoms with Crippen LogP contribution in [0.4, 0.5) is 14.5 Å². The molecule has 0 saturated heterocycles. The number of carboxylic acid groups (broad SMARTS) is 1. The van der Waals surface area contributed by atoms with Crippen molar-refractivity contribution in [2.45, 2.75) is 26.3 Å². The molecule has 1 rings (SSSR count). The number of aromatic carboxylic acids is 1. The van der Waals surface area contributed by atoms with Crippen molar-refractivity contribution in [2.75, 3.05) is 11.9 Å². The molecule has 1 amide bonds. The number of hydrogen-bond acceptors (Lipinski definition) is 3. The Kier molecular flexibility index (Phi) is 5.42. The molecule has 0 fully saturated rings. The smallest absolute Gasteiger partial charge is 0.338 e. The Morgan fingerprint density at radius 1 is 1.30 bits per heavy atom. The van der Waals surface area contributed by atoms with E-state index in [9.17, 15) is 18.4 Å². The van der Waals surface area contributed by atoms with Crippen LogP contribution in [0.25, 0.3) is 0 Å². The third-order valence-corrected chi connectivity index (χ3v) is 2.63. The van der Waals surface area contributed by atoms with Crippen LogP contribution in [0.3, 0.4) is 0 Å². The molecule has 1 aromatic rings. The summed E-state index contributed by atoms with van der Waals surface area (Å²) in [6, 6.07) is 1.26. The molecule has 110 valence electrons. The van der Waals surface area contributed by atoms with Gasteiger partial charge in [-0.2, -0.15) is 0 Å². The van der Waals surface area contributed by atoms with Crippen LogP contribution in [-0.4, -0.2) is 29.6 Å². The average molecular weight is 286 g/mol. The maximum atomic E-state index is 13.7. The number of anilines is 1. The summed E-state index contributed by atoms with van der Waals surface area (Å²) < 4.78 is 27.1. The molecule has 1 aromatic carbocycles. The van der Waals surface area contributed by atoms with Crippen molar-refractivity contribution in [3.05, 3.63) is 29.3 Å². The highest BCUT2D eigenvalue weighted by Crippen LogP contribution is 2.21. The zero-order valence-electron chi connectivity index (χ0n) is 11.2. The van der Waals surface area contributed by atoms with Crippen molar-refractivity contribution in [3.8, 4) is 0 Å². The van der Waals surface area contributed by atoms with E-state index in [0.29, 0.717) is 6.54 Å². The predicted molar refractivity (Wildman–Crippen MR) is 69.7 cm³/mol. The highest BCUT2D eigenvalue weighted by molar-refractivity contribution is 5.89. The van der Waals surface area contributed by atoms with Gasteiger partial charge in [-0.3, -0.25) is 4.79 Å². The minimum absolute atomic E-state index is 0.258. The molecule has 5 nitrogen and oxygen atoms in total. The Balaban J connectivity index is 2.86. The van der Waals surface area contributed by atoms with Crippen LogP contribution in [0.2, 0.25) is 0 Å². The van der Waals surface area contributed by atoms with Gasteiger partial charge in [-0.15, -0.1) is 0 Å². The van der Waals surface area contributed by atoms with E-state index in [1.54, 1.807) is 0 Å². The molecule has 1 unspecified atom stereocenters. The molecular weight excluding hydrogens is 270 g/mol. The lowest BCUT2D eigenvalue weighted by molar-refractivity contribution is -0.121. The summed E-state index contributed by atoms with van der Waals surface area (Å²) in [4.78, 5) is 22.2. The Morgan fingerprint density at radius 3 is 2.50 bits per heavy atom. The van der Waals surface area contributed by atoms with E-state index < -0.39 is 29.2 Å². The normalized spacial score (nSPS) is 11.8. The van der Waals surface area contributed by atoms with Crippen molar-refractivity contribution >= 4 is 17.6 Å². The van der Waals surface area contributed by atoms with Gasteiger partial charge in [0, 0.05) is 6.54 Å². The third-order valence-electron chi connectivity index (χ3n) is 2.63. The van der Waals surface area contributed by atoms with Gasteiger partial charge in [0.2, 0.25) is 5.91 Å². The van der Waals surface area contributed by atoms with Gasteiger partial charge in [-0.05, 0) is 25.5 Å². The maximum absolute atomic E-state index is 13.7. The molecule has 0 aromatic heterocycles. The summed E-state index contributed by atoms with van der Waals surface area (Å²) in [7, 11) is 0. The second-order valence-electron chi connectivity index (χ2n) is 4.25. The van der Waals surface area contributed by atoms with Gasteiger partial charge < -0.3 is 15.7 Å². The van der Waals surface area contributed by atoms with Crippen LogP contribution >= 0.6 is 0 Å². The van der Waals surface area contributed by atoms with Gasteiger partial charge in [-0.1, -0.05) is 6.92 Å². The first-order valence-corrected chi connectivity index (χ1v) is 6.14. The summed E-state index contributed by atoms with van der Waals surface area (Å²) in [6.07, 6.45) is 0.759. The molecule has 0 aliphatic rings. The molecule has 20 heavy (non-hydrogen) atoms. The lowest BCUT2D eigenvalue weighted by Crippen LogP contribution is -2.38. The molecule has 1 atom stereocenters. The molecule has 0 saturated carbocycles. The van der Waals surface area contributed by atoms with Crippen LogP contribution in [0.5, 0.6) is 0 Å². The number of carbonyl (C=O) groups excluding carboxylic acids is 1. The van der Waals surface area contributed by atoms with Gasteiger partial charge in [-0.25, -0.2) is 13.6 Å². The number of carboxylic acids is 1. The Labute approximate surface area is 115 Å². The third kappa shape index (κ3) is 3.66. The van der Waals surface area contributed by atoms with Crippen LogP contribution in [-0.2, 0) is 4.79 Å². The number of rotatable bonds is 6. The van der Waals surface area contributed by atoms with Gasteiger partial charge in [0.05, 0.1) is 11.3 Å². The maximum Gasteiger partial charge on any atom is 0.338 e. The van der Waals surface area contributed by atoms with E-state index >= 15 is 0 Å².